The second kappa shape index (κ2) is 6.73. The first-order valence-corrected chi connectivity index (χ1v) is 7.74. The van der Waals surface area contributed by atoms with Crippen LogP contribution in [0.25, 0.3) is 0 Å². The summed E-state index contributed by atoms with van der Waals surface area (Å²) < 4.78 is 6.26. The van der Waals surface area contributed by atoms with Crippen LogP contribution in [-0.2, 0) is 0 Å². The number of ether oxygens (including phenoxy) is 1. The SMILES string of the molecule is COc1ccc(C(NN)C2CCCC(C)C2)cc1Br. The summed E-state index contributed by atoms with van der Waals surface area (Å²) in [6.45, 7) is 2.34. The molecule has 4 heteroatoms. The second-order valence-corrected chi connectivity index (χ2v) is 6.42. The third-order valence-electron chi connectivity index (χ3n) is 4.16. The molecule has 3 N–H and O–H groups in total. The summed E-state index contributed by atoms with van der Waals surface area (Å²) in [5, 5.41) is 0. The molecule has 2 rings (SSSR count). The van der Waals surface area contributed by atoms with Crippen molar-refractivity contribution < 1.29 is 4.74 Å². The number of nitrogens with one attached hydrogen (secondary N) is 1. The highest BCUT2D eigenvalue weighted by molar-refractivity contribution is 9.10. The van der Waals surface area contributed by atoms with Gasteiger partial charge in [-0.3, -0.25) is 11.3 Å². The molecule has 19 heavy (non-hydrogen) atoms. The summed E-state index contributed by atoms with van der Waals surface area (Å²) in [4.78, 5) is 0. The molecular weight excluding hydrogens is 304 g/mol. The Balaban J connectivity index is 2.19. The van der Waals surface area contributed by atoms with Crippen molar-refractivity contribution in [2.24, 2.45) is 17.7 Å². The largest absolute Gasteiger partial charge is 0.496 e. The summed E-state index contributed by atoms with van der Waals surface area (Å²) in [5.41, 5.74) is 4.24. The Morgan fingerprint density at radius 2 is 2.21 bits per heavy atom. The van der Waals surface area contributed by atoms with E-state index in [9.17, 15) is 0 Å². The molecule has 0 saturated heterocycles. The Bertz CT molecular complexity index is 425. The monoisotopic (exact) mass is 326 g/mol. The van der Waals surface area contributed by atoms with E-state index in [1.807, 2.05) is 6.07 Å². The number of nitrogens with two attached hydrogens (primary N) is 1. The van der Waals surface area contributed by atoms with Gasteiger partial charge in [-0.1, -0.05) is 25.8 Å². The van der Waals surface area contributed by atoms with Gasteiger partial charge in [0.25, 0.3) is 0 Å². The number of hydrogen-bond donors (Lipinski definition) is 2. The van der Waals surface area contributed by atoms with Crippen molar-refractivity contribution in [1.82, 2.24) is 5.43 Å². The second-order valence-electron chi connectivity index (χ2n) is 5.57. The smallest absolute Gasteiger partial charge is 0.133 e. The quantitative estimate of drug-likeness (QED) is 0.653. The molecule has 3 nitrogen and oxygen atoms in total. The van der Waals surface area contributed by atoms with Crippen LogP contribution in [0.5, 0.6) is 5.75 Å². The first kappa shape index (κ1) is 14.8. The molecule has 0 aromatic heterocycles. The van der Waals surface area contributed by atoms with Gasteiger partial charge in [0.05, 0.1) is 11.6 Å². The van der Waals surface area contributed by atoms with Crippen LogP contribution in [0.3, 0.4) is 0 Å². The van der Waals surface area contributed by atoms with Crippen molar-refractivity contribution in [3.05, 3.63) is 28.2 Å². The van der Waals surface area contributed by atoms with Crippen molar-refractivity contribution in [2.75, 3.05) is 7.11 Å². The van der Waals surface area contributed by atoms with Crippen LogP contribution in [0, 0.1) is 11.8 Å². The van der Waals surface area contributed by atoms with Crippen LogP contribution in [0.4, 0.5) is 0 Å². The normalized spacial score (nSPS) is 25.1. The lowest BCUT2D eigenvalue weighted by Gasteiger charge is -2.33. The van der Waals surface area contributed by atoms with Crippen LogP contribution < -0.4 is 16.0 Å². The molecule has 0 aliphatic heterocycles. The van der Waals surface area contributed by atoms with Crippen molar-refractivity contribution in [3.63, 3.8) is 0 Å². The molecule has 0 amide bonds. The van der Waals surface area contributed by atoms with Gasteiger partial charge in [0.2, 0.25) is 0 Å². The van der Waals surface area contributed by atoms with E-state index in [0.29, 0.717) is 5.92 Å². The van der Waals surface area contributed by atoms with Gasteiger partial charge in [-0.05, 0) is 58.3 Å². The molecule has 1 fully saturated rings. The van der Waals surface area contributed by atoms with Gasteiger partial charge >= 0.3 is 0 Å². The van der Waals surface area contributed by atoms with E-state index < -0.39 is 0 Å². The van der Waals surface area contributed by atoms with Gasteiger partial charge in [-0.2, -0.15) is 0 Å². The zero-order valence-corrected chi connectivity index (χ0v) is 13.2. The summed E-state index contributed by atoms with van der Waals surface area (Å²) in [7, 11) is 1.68. The van der Waals surface area contributed by atoms with Crippen LogP contribution in [-0.4, -0.2) is 7.11 Å². The minimum atomic E-state index is 0.227. The molecule has 1 saturated carbocycles. The fraction of sp³-hybridized carbons (Fsp3) is 0.600. The molecule has 1 aromatic carbocycles. The molecule has 1 aliphatic carbocycles. The lowest BCUT2D eigenvalue weighted by atomic mass is 9.77. The number of hydrazine groups is 1. The zero-order valence-electron chi connectivity index (χ0n) is 11.7. The predicted octanol–water partition coefficient (Wildman–Crippen LogP) is 3.79. The Morgan fingerprint density at radius 1 is 1.42 bits per heavy atom. The Labute approximate surface area is 124 Å². The molecular formula is C15H23BrN2O. The lowest BCUT2D eigenvalue weighted by Crippen LogP contribution is -2.35. The molecule has 1 aliphatic rings. The Kier molecular flexibility index (Phi) is 5.25. The van der Waals surface area contributed by atoms with Gasteiger partial charge < -0.3 is 4.74 Å². The maximum absolute atomic E-state index is 5.81. The number of hydrogen-bond acceptors (Lipinski definition) is 3. The number of rotatable bonds is 4. The summed E-state index contributed by atoms with van der Waals surface area (Å²) >= 11 is 3.55. The topological polar surface area (TPSA) is 47.3 Å². The number of halogens is 1. The first-order valence-electron chi connectivity index (χ1n) is 6.95. The van der Waals surface area contributed by atoms with Crippen molar-refractivity contribution in [2.45, 2.75) is 38.6 Å². The summed E-state index contributed by atoms with van der Waals surface area (Å²) in [5.74, 6) is 8.08. The zero-order chi connectivity index (χ0) is 13.8. The molecule has 0 spiro atoms. The van der Waals surface area contributed by atoms with Crippen molar-refractivity contribution >= 4 is 15.9 Å². The number of benzene rings is 1. The van der Waals surface area contributed by atoms with Crippen LogP contribution >= 0.6 is 15.9 Å². The van der Waals surface area contributed by atoms with Gasteiger partial charge in [-0.25, -0.2) is 0 Å². The van der Waals surface area contributed by atoms with E-state index in [1.54, 1.807) is 7.11 Å². The third kappa shape index (κ3) is 3.50. The van der Waals surface area contributed by atoms with E-state index >= 15 is 0 Å². The molecule has 1 aromatic rings. The Morgan fingerprint density at radius 3 is 2.79 bits per heavy atom. The van der Waals surface area contributed by atoms with Gasteiger partial charge in [0.15, 0.2) is 0 Å². The molecule has 0 radical (unpaired) electrons. The van der Waals surface area contributed by atoms with Gasteiger partial charge in [0.1, 0.15) is 5.75 Å². The van der Waals surface area contributed by atoms with Gasteiger partial charge in [-0.15, -0.1) is 0 Å². The van der Waals surface area contributed by atoms with E-state index in [4.69, 9.17) is 10.6 Å². The highest BCUT2D eigenvalue weighted by Crippen LogP contribution is 2.38. The lowest BCUT2D eigenvalue weighted by molar-refractivity contribution is 0.224. The molecule has 106 valence electrons. The maximum atomic E-state index is 5.81. The summed E-state index contributed by atoms with van der Waals surface area (Å²) in [6, 6.07) is 6.44. The molecule has 0 bridgehead atoms. The van der Waals surface area contributed by atoms with Crippen LogP contribution in [0.15, 0.2) is 22.7 Å². The third-order valence-corrected chi connectivity index (χ3v) is 4.78. The van der Waals surface area contributed by atoms with Crippen LogP contribution in [0.1, 0.15) is 44.2 Å². The van der Waals surface area contributed by atoms with Crippen molar-refractivity contribution in [1.29, 1.82) is 0 Å². The fourth-order valence-electron chi connectivity index (χ4n) is 3.16. The highest BCUT2D eigenvalue weighted by atomic mass is 79.9. The minimum Gasteiger partial charge on any atom is -0.496 e. The van der Waals surface area contributed by atoms with Crippen LogP contribution in [0.2, 0.25) is 0 Å². The van der Waals surface area contributed by atoms with Crippen molar-refractivity contribution in [3.8, 4) is 5.75 Å². The molecule has 3 atom stereocenters. The summed E-state index contributed by atoms with van der Waals surface area (Å²) in [6.07, 6.45) is 5.16. The van der Waals surface area contributed by atoms with E-state index in [1.165, 1.54) is 31.2 Å². The number of methoxy groups -OCH3 is 1. The maximum Gasteiger partial charge on any atom is 0.133 e. The first-order chi connectivity index (χ1) is 9.15. The standard InChI is InChI=1S/C15H23BrN2O/c1-10-4-3-5-11(8-10)15(18-17)12-6-7-14(19-2)13(16)9-12/h6-7,9-11,15,18H,3-5,8,17H2,1-2H3. The van der Waals surface area contributed by atoms with Gasteiger partial charge in [0, 0.05) is 6.04 Å². The molecule has 0 heterocycles. The minimum absolute atomic E-state index is 0.227. The molecule has 3 unspecified atom stereocenters. The highest BCUT2D eigenvalue weighted by Gasteiger charge is 2.27. The average molecular weight is 327 g/mol. The van der Waals surface area contributed by atoms with E-state index in [2.05, 4.69) is 40.4 Å². The van der Waals surface area contributed by atoms with E-state index in [0.717, 1.165) is 16.1 Å². The van der Waals surface area contributed by atoms with E-state index in [-0.39, 0.29) is 6.04 Å². The average Bonchev–Trinajstić information content (AvgIpc) is 2.40. The fourth-order valence-corrected chi connectivity index (χ4v) is 3.72. The predicted molar refractivity (Wildman–Crippen MR) is 81.9 cm³/mol. The Hall–Kier alpha value is -0.580.